The van der Waals surface area contributed by atoms with E-state index in [0.717, 1.165) is 11.1 Å². The molecular weight excluding hydrogens is 386 g/mol. The average molecular weight is 417 g/mol. The second-order valence-corrected chi connectivity index (χ2v) is 9.76. The molecule has 0 aromatic heterocycles. The lowest BCUT2D eigenvalue weighted by Crippen LogP contribution is -3.07. The first-order chi connectivity index (χ1) is 13.8. The topological polar surface area (TPSA) is 70.9 Å². The fourth-order valence-corrected chi connectivity index (χ4v) is 5.45. The van der Waals surface area contributed by atoms with Gasteiger partial charge < -0.3 is 10.2 Å². The summed E-state index contributed by atoms with van der Waals surface area (Å²) in [5.41, 5.74) is 2.14. The summed E-state index contributed by atoms with van der Waals surface area (Å²) in [5.74, 6) is -0.222. The van der Waals surface area contributed by atoms with Crippen molar-refractivity contribution in [1.29, 1.82) is 0 Å². The minimum absolute atomic E-state index is 0.101. The number of aryl methyl sites for hydroxylation is 1. The first-order valence-corrected chi connectivity index (χ1v) is 11.5. The van der Waals surface area contributed by atoms with Gasteiger partial charge in [0.25, 0.3) is 0 Å². The molecule has 0 bridgehead atoms. The van der Waals surface area contributed by atoms with Crippen LogP contribution >= 0.6 is 0 Å². The van der Waals surface area contributed by atoms with Crippen molar-refractivity contribution in [3.8, 4) is 0 Å². The summed E-state index contributed by atoms with van der Waals surface area (Å²) in [6.07, 6.45) is 1.23. The van der Waals surface area contributed by atoms with E-state index in [-0.39, 0.29) is 16.8 Å². The van der Waals surface area contributed by atoms with Gasteiger partial charge in [0, 0.05) is 12.1 Å². The maximum absolute atomic E-state index is 13.1. The second kappa shape index (κ2) is 9.07. The van der Waals surface area contributed by atoms with Crippen LogP contribution in [0.3, 0.4) is 0 Å². The second-order valence-electron chi connectivity index (χ2n) is 7.87. The van der Waals surface area contributed by atoms with Gasteiger partial charge in [-0.1, -0.05) is 48.0 Å². The number of sulfonamides is 1. The zero-order valence-corrected chi connectivity index (χ0v) is 18.1. The normalized spacial score (nSPS) is 18.7. The number of nitrogens with one attached hydrogen (secondary N) is 2. The summed E-state index contributed by atoms with van der Waals surface area (Å²) >= 11 is 0. The third-order valence-electron chi connectivity index (χ3n) is 5.51. The molecule has 1 amide bonds. The van der Waals surface area contributed by atoms with E-state index < -0.39 is 16.1 Å². The van der Waals surface area contributed by atoms with Crippen molar-refractivity contribution in [3.63, 3.8) is 0 Å². The van der Waals surface area contributed by atoms with Gasteiger partial charge in [0.1, 0.15) is 12.1 Å². The van der Waals surface area contributed by atoms with Crippen LogP contribution in [0.1, 0.15) is 30.0 Å². The van der Waals surface area contributed by atoms with Gasteiger partial charge in [0.15, 0.2) is 0 Å². The number of hydrogen-bond acceptors (Lipinski definition) is 3. The largest absolute Gasteiger partial charge is 0.348 e. The van der Waals surface area contributed by atoms with E-state index in [1.54, 1.807) is 24.3 Å². The third kappa shape index (κ3) is 4.86. The van der Waals surface area contributed by atoms with Crippen LogP contribution in [-0.2, 0) is 14.8 Å². The monoisotopic (exact) mass is 416 g/mol. The molecule has 2 aromatic rings. The standard InChI is InChI=1S/C22H29N3O3S/c1-17-11-13-19(14-12-17)29(27,28)25-15-7-10-20(25)22(26)23-16-21(24(2)3)18-8-5-4-6-9-18/h4-6,8-9,11-14,20-21H,7,10,15-16H2,1-3H3,(H,23,26)/p+1/t20-,21-/m0/s1. The van der Waals surface area contributed by atoms with Gasteiger partial charge in [-0.15, -0.1) is 0 Å². The van der Waals surface area contributed by atoms with E-state index in [9.17, 15) is 13.2 Å². The Morgan fingerprint density at radius 1 is 1.14 bits per heavy atom. The molecule has 1 aliphatic heterocycles. The van der Waals surface area contributed by atoms with Crippen molar-refractivity contribution < 1.29 is 18.1 Å². The minimum Gasteiger partial charge on any atom is -0.348 e. The van der Waals surface area contributed by atoms with Crippen molar-refractivity contribution in [2.75, 3.05) is 27.2 Å². The predicted molar refractivity (Wildman–Crippen MR) is 113 cm³/mol. The van der Waals surface area contributed by atoms with Gasteiger partial charge in [-0.2, -0.15) is 4.31 Å². The van der Waals surface area contributed by atoms with Gasteiger partial charge in [0.05, 0.1) is 25.5 Å². The first kappa shape index (κ1) is 21.5. The number of likely N-dealkylation sites (N-methyl/N-ethyl adjacent to an activating group) is 1. The van der Waals surface area contributed by atoms with E-state index in [1.807, 2.05) is 51.4 Å². The van der Waals surface area contributed by atoms with Crippen molar-refractivity contribution in [1.82, 2.24) is 9.62 Å². The Kier molecular flexibility index (Phi) is 6.72. The minimum atomic E-state index is -3.69. The van der Waals surface area contributed by atoms with E-state index in [1.165, 1.54) is 9.21 Å². The summed E-state index contributed by atoms with van der Waals surface area (Å²) in [7, 11) is 0.409. The molecule has 2 aromatic carbocycles. The lowest BCUT2D eigenvalue weighted by atomic mass is 10.1. The van der Waals surface area contributed by atoms with Gasteiger partial charge in [-0.3, -0.25) is 4.79 Å². The number of rotatable bonds is 7. The highest BCUT2D eigenvalue weighted by atomic mass is 32.2. The molecule has 29 heavy (non-hydrogen) atoms. The summed E-state index contributed by atoms with van der Waals surface area (Å²) in [6.45, 7) is 2.74. The Bertz CT molecular complexity index is 928. The summed E-state index contributed by atoms with van der Waals surface area (Å²) < 4.78 is 27.5. The van der Waals surface area contributed by atoms with Crippen molar-refractivity contribution >= 4 is 15.9 Å². The van der Waals surface area contributed by atoms with Crippen molar-refractivity contribution in [2.24, 2.45) is 0 Å². The average Bonchev–Trinajstić information content (AvgIpc) is 3.20. The quantitative estimate of drug-likeness (QED) is 0.711. The molecular formula is C22H30N3O3S+. The SMILES string of the molecule is Cc1ccc(S(=O)(=O)N2CCC[C@H]2C(=O)NC[C@@H](c2ccccc2)[NH+](C)C)cc1. The highest BCUT2D eigenvalue weighted by Crippen LogP contribution is 2.26. The van der Waals surface area contributed by atoms with E-state index in [4.69, 9.17) is 0 Å². The lowest BCUT2D eigenvalue weighted by Gasteiger charge is -2.26. The highest BCUT2D eigenvalue weighted by Gasteiger charge is 2.39. The highest BCUT2D eigenvalue weighted by molar-refractivity contribution is 7.89. The number of hydrogen-bond donors (Lipinski definition) is 2. The molecule has 0 unspecified atom stereocenters. The zero-order chi connectivity index (χ0) is 21.0. The van der Waals surface area contributed by atoms with Crippen LogP contribution in [0.15, 0.2) is 59.5 Å². The molecule has 1 aliphatic rings. The summed E-state index contributed by atoms with van der Waals surface area (Å²) in [4.78, 5) is 14.4. The Morgan fingerprint density at radius 2 is 1.79 bits per heavy atom. The van der Waals surface area contributed by atoms with Crippen LogP contribution < -0.4 is 10.2 Å². The Balaban J connectivity index is 1.72. The number of amides is 1. The molecule has 7 heteroatoms. The fourth-order valence-electron chi connectivity index (χ4n) is 3.80. The van der Waals surface area contributed by atoms with Gasteiger partial charge >= 0.3 is 0 Å². The van der Waals surface area contributed by atoms with Crippen LogP contribution in [0.5, 0.6) is 0 Å². The van der Waals surface area contributed by atoms with Crippen molar-refractivity contribution in [3.05, 3.63) is 65.7 Å². The van der Waals surface area contributed by atoms with Gasteiger partial charge in [-0.25, -0.2) is 8.42 Å². The smallest absolute Gasteiger partial charge is 0.243 e. The third-order valence-corrected chi connectivity index (χ3v) is 7.44. The molecule has 6 nitrogen and oxygen atoms in total. The molecule has 2 N–H and O–H groups in total. The Labute approximate surface area is 173 Å². The fraction of sp³-hybridized carbons (Fsp3) is 0.409. The molecule has 1 fully saturated rings. The van der Waals surface area contributed by atoms with E-state index in [2.05, 4.69) is 5.32 Å². The molecule has 0 saturated carbocycles. The molecule has 0 spiro atoms. The van der Waals surface area contributed by atoms with Crippen LogP contribution in [-0.4, -0.2) is 51.9 Å². The molecule has 0 aliphatic carbocycles. The van der Waals surface area contributed by atoms with Crippen LogP contribution in [0, 0.1) is 6.92 Å². The molecule has 1 saturated heterocycles. The summed E-state index contributed by atoms with van der Waals surface area (Å²) in [6, 6.07) is 16.3. The maximum Gasteiger partial charge on any atom is 0.243 e. The van der Waals surface area contributed by atoms with E-state index >= 15 is 0 Å². The summed E-state index contributed by atoms with van der Waals surface area (Å²) in [5, 5.41) is 3.00. The molecule has 2 atom stereocenters. The van der Waals surface area contributed by atoms with Gasteiger partial charge in [0.2, 0.25) is 15.9 Å². The molecule has 3 rings (SSSR count). The van der Waals surface area contributed by atoms with E-state index in [0.29, 0.717) is 25.9 Å². The molecule has 0 radical (unpaired) electrons. The number of benzene rings is 2. The Morgan fingerprint density at radius 3 is 2.41 bits per heavy atom. The number of carbonyl (C=O) groups is 1. The van der Waals surface area contributed by atoms with Crippen molar-refractivity contribution in [2.45, 2.75) is 36.7 Å². The maximum atomic E-state index is 13.1. The molecule has 156 valence electrons. The Hall–Kier alpha value is -2.22. The number of nitrogens with zero attached hydrogens (tertiary/aromatic N) is 1. The number of carbonyl (C=O) groups excluding carboxylic acids is 1. The number of quaternary nitrogens is 1. The zero-order valence-electron chi connectivity index (χ0n) is 17.3. The lowest BCUT2D eigenvalue weighted by molar-refractivity contribution is -0.890. The van der Waals surface area contributed by atoms with Gasteiger partial charge in [-0.05, 0) is 31.9 Å². The van der Waals surface area contributed by atoms with Crippen LogP contribution in [0.2, 0.25) is 0 Å². The van der Waals surface area contributed by atoms with Crippen LogP contribution in [0.4, 0.5) is 0 Å². The molecule has 1 heterocycles. The van der Waals surface area contributed by atoms with Crippen LogP contribution in [0.25, 0.3) is 0 Å². The predicted octanol–water partition coefficient (Wildman–Crippen LogP) is 1.15. The first-order valence-electron chi connectivity index (χ1n) is 10.0.